The summed E-state index contributed by atoms with van der Waals surface area (Å²) < 4.78 is 5.56. The van der Waals surface area contributed by atoms with Crippen molar-refractivity contribution in [2.75, 3.05) is 24.6 Å². The summed E-state index contributed by atoms with van der Waals surface area (Å²) in [7, 11) is 0. The number of hydrogen-bond donors (Lipinski definition) is 1. The van der Waals surface area contributed by atoms with E-state index in [4.69, 9.17) is 16.3 Å². The molecular weight excluding hydrogens is 300 g/mol. The SMILES string of the molecule is O=C(CC[C@H]1CCCO1)N[C@@H]1CCN(c2cccc(Cl)c2)C1. The number of nitrogens with zero attached hydrogens (tertiary/aromatic N) is 1. The maximum absolute atomic E-state index is 12.0. The minimum Gasteiger partial charge on any atom is -0.378 e. The molecule has 0 spiro atoms. The van der Waals surface area contributed by atoms with Crippen LogP contribution in [-0.2, 0) is 9.53 Å². The summed E-state index contributed by atoms with van der Waals surface area (Å²) in [5.41, 5.74) is 1.13. The molecule has 2 aliphatic rings. The molecule has 120 valence electrons. The number of carbonyl (C=O) groups excluding carboxylic acids is 1. The van der Waals surface area contributed by atoms with Crippen molar-refractivity contribution in [2.45, 2.75) is 44.2 Å². The quantitative estimate of drug-likeness (QED) is 0.906. The van der Waals surface area contributed by atoms with Crippen molar-refractivity contribution >= 4 is 23.2 Å². The van der Waals surface area contributed by atoms with Gasteiger partial charge in [-0.1, -0.05) is 17.7 Å². The van der Waals surface area contributed by atoms with E-state index in [1.165, 1.54) is 0 Å². The van der Waals surface area contributed by atoms with Gasteiger partial charge in [-0.05, 0) is 43.9 Å². The molecule has 0 saturated carbocycles. The Morgan fingerprint density at radius 2 is 2.32 bits per heavy atom. The highest BCUT2D eigenvalue weighted by Crippen LogP contribution is 2.23. The van der Waals surface area contributed by atoms with Gasteiger partial charge in [-0.15, -0.1) is 0 Å². The van der Waals surface area contributed by atoms with Crippen LogP contribution in [0.15, 0.2) is 24.3 Å². The molecule has 5 heteroatoms. The van der Waals surface area contributed by atoms with Gasteiger partial charge in [-0.25, -0.2) is 0 Å². The molecule has 4 nitrogen and oxygen atoms in total. The van der Waals surface area contributed by atoms with Gasteiger partial charge in [0, 0.05) is 42.9 Å². The van der Waals surface area contributed by atoms with Crippen LogP contribution in [0.2, 0.25) is 5.02 Å². The predicted octanol–water partition coefficient (Wildman–Crippen LogP) is 2.99. The van der Waals surface area contributed by atoms with Gasteiger partial charge in [-0.3, -0.25) is 4.79 Å². The number of nitrogens with one attached hydrogen (secondary N) is 1. The lowest BCUT2D eigenvalue weighted by atomic mass is 10.1. The molecule has 0 aliphatic carbocycles. The largest absolute Gasteiger partial charge is 0.378 e. The first kappa shape index (κ1) is 15.6. The van der Waals surface area contributed by atoms with Crippen molar-refractivity contribution in [3.63, 3.8) is 0 Å². The average molecular weight is 323 g/mol. The van der Waals surface area contributed by atoms with Crippen LogP contribution in [-0.4, -0.2) is 37.7 Å². The van der Waals surface area contributed by atoms with Gasteiger partial charge in [0.05, 0.1) is 6.10 Å². The maximum atomic E-state index is 12.0. The zero-order chi connectivity index (χ0) is 15.4. The van der Waals surface area contributed by atoms with Gasteiger partial charge in [0.2, 0.25) is 5.91 Å². The molecule has 1 aromatic rings. The van der Waals surface area contributed by atoms with Crippen molar-refractivity contribution in [1.29, 1.82) is 0 Å². The summed E-state index contributed by atoms with van der Waals surface area (Å²) in [6.07, 6.45) is 4.91. The molecule has 0 bridgehead atoms. The van der Waals surface area contributed by atoms with E-state index < -0.39 is 0 Å². The fourth-order valence-electron chi connectivity index (χ4n) is 3.25. The first-order chi connectivity index (χ1) is 10.7. The molecule has 1 amide bonds. The second kappa shape index (κ2) is 7.34. The fourth-order valence-corrected chi connectivity index (χ4v) is 3.43. The van der Waals surface area contributed by atoms with Crippen molar-refractivity contribution in [1.82, 2.24) is 5.32 Å². The topological polar surface area (TPSA) is 41.6 Å². The van der Waals surface area contributed by atoms with Crippen LogP contribution in [0.5, 0.6) is 0 Å². The Hall–Kier alpha value is -1.26. The highest BCUT2D eigenvalue weighted by Gasteiger charge is 2.24. The second-order valence-electron chi connectivity index (χ2n) is 6.15. The first-order valence-electron chi connectivity index (χ1n) is 8.12. The second-order valence-corrected chi connectivity index (χ2v) is 6.59. The van der Waals surface area contributed by atoms with E-state index in [0.717, 1.165) is 56.1 Å². The molecule has 0 radical (unpaired) electrons. The number of benzene rings is 1. The number of rotatable bonds is 5. The Balaban J connectivity index is 1.43. The summed E-state index contributed by atoms with van der Waals surface area (Å²) in [6.45, 7) is 2.66. The molecule has 2 heterocycles. The molecule has 2 atom stereocenters. The summed E-state index contributed by atoms with van der Waals surface area (Å²) in [4.78, 5) is 14.3. The summed E-state index contributed by atoms with van der Waals surface area (Å²) >= 11 is 6.04. The Morgan fingerprint density at radius 3 is 3.09 bits per heavy atom. The van der Waals surface area contributed by atoms with E-state index in [1.54, 1.807) is 0 Å². The summed E-state index contributed by atoms with van der Waals surface area (Å²) in [5.74, 6) is 0.147. The van der Waals surface area contributed by atoms with E-state index >= 15 is 0 Å². The molecule has 2 fully saturated rings. The Labute approximate surface area is 136 Å². The Morgan fingerprint density at radius 1 is 1.41 bits per heavy atom. The van der Waals surface area contributed by atoms with Crippen LogP contribution in [0.25, 0.3) is 0 Å². The van der Waals surface area contributed by atoms with Crippen molar-refractivity contribution < 1.29 is 9.53 Å². The van der Waals surface area contributed by atoms with Crippen LogP contribution in [0.3, 0.4) is 0 Å². The Kier molecular flexibility index (Phi) is 5.21. The monoisotopic (exact) mass is 322 g/mol. The smallest absolute Gasteiger partial charge is 0.220 e. The molecule has 0 unspecified atom stereocenters. The van der Waals surface area contributed by atoms with Gasteiger partial charge in [0.1, 0.15) is 0 Å². The van der Waals surface area contributed by atoms with E-state index in [-0.39, 0.29) is 18.1 Å². The first-order valence-corrected chi connectivity index (χ1v) is 8.50. The van der Waals surface area contributed by atoms with Crippen molar-refractivity contribution in [3.8, 4) is 0 Å². The molecule has 0 aromatic heterocycles. The van der Waals surface area contributed by atoms with Crippen LogP contribution >= 0.6 is 11.6 Å². The van der Waals surface area contributed by atoms with Gasteiger partial charge < -0.3 is 15.0 Å². The number of amides is 1. The third kappa shape index (κ3) is 4.14. The van der Waals surface area contributed by atoms with Crippen molar-refractivity contribution in [3.05, 3.63) is 29.3 Å². The fraction of sp³-hybridized carbons (Fsp3) is 0.588. The molecule has 2 aliphatic heterocycles. The van der Waals surface area contributed by atoms with E-state index in [0.29, 0.717) is 6.42 Å². The highest BCUT2D eigenvalue weighted by atomic mass is 35.5. The van der Waals surface area contributed by atoms with Crippen LogP contribution < -0.4 is 10.2 Å². The molecule has 1 N–H and O–H groups in total. The van der Waals surface area contributed by atoms with Crippen LogP contribution in [0.4, 0.5) is 5.69 Å². The number of halogens is 1. The number of carbonyl (C=O) groups is 1. The van der Waals surface area contributed by atoms with Gasteiger partial charge in [0.15, 0.2) is 0 Å². The number of hydrogen-bond acceptors (Lipinski definition) is 3. The van der Waals surface area contributed by atoms with Gasteiger partial charge in [-0.2, -0.15) is 0 Å². The zero-order valence-electron chi connectivity index (χ0n) is 12.8. The predicted molar refractivity (Wildman–Crippen MR) is 88.4 cm³/mol. The standard InChI is InChI=1S/C17H23ClN2O2/c18-13-3-1-4-15(11-13)20-9-8-14(12-20)19-17(21)7-6-16-5-2-10-22-16/h1,3-4,11,14,16H,2,5-10,12H2,(H,19,21)/t14-,16-/m1/s1. The van der Waals surface area contributed by atoms with Gasteiger partial charge >= 0.3 is 0 Å². The normalized spacial score (nSPS) is 24.7. The lowest BCUT2D eigenvalue weighted by Crippen LogP contribution is -2.37. The zero-order valence-corrected chi connectivity index (χ0v) is 13.5. The summed E-state index contributed by atoms with van der Waals surface area (Å²) in [5, 5.41) is 3.90. The minimum absolute atomic E-state index is 0.147. The molecule has 2 saturated heterocycles. The average Bonchev–Trinajstić information content (AvgIpc) is 3.16. The number of anilines is 1. The lowest BCUT2D eigenvalue weighted by molar-refractivity contribution is -0.122. The van der Waals surface area contributed by atoms with Crippen LogP contribution in [0, 0.1) is 0 Å². The van der Waals surface area contributed by atoms with E-state index in [2.05, 4.69) is 16.3 Å². The van der Waals surface area contributed by atoms with Gasteiger partial charge in [0.25, 0.3) is 0 Å². The minimum atomic E-state index is 0.147. The van der Waals surface area contributed by atoms with Crippen LogP contribution in [0.1, 0.15) is 32.1 Å². The third-order valence-electron chi connectivity index (χ3n) is 4.44. The maximum Gasteiger partial charge on any atom is 0.220 e. The van der Waals surface area contributed by atoms with Crippen molar-refractivity contribution in [2.24, 2.45) is 0 Å². The molecule has 3 rings (SSSR count). The molecule has 1 aromatic carbocycles. The lowest BCUT2D eigenvalue weighted by Gasteiger charge is -2.19. The molecule has 22 heavy (non-hydrogen) atoms. The van der Waals surface area contributed by atoms with E-state index in [1.807, 2.05) is 18.2 Å². The molecular formula is C17H23ClN2O2. The highest BCUT2D eigenvalue weighted by molar-refractivity contribution is 6.30. The third-order valence-corrected chi connectivity index (χ3v) is 4.68. The summed E-state index contributed by atoms with van der Waals surface area (Å²) in [6, 6.07) is 8.11. The van der Waals surface area contributed by atoms with E-state index in [9.17, 15) is 4.79 Å². The Bertz CT molecular complexity index is 517. The number of ether oxygens (including phenoxy) is 1.